The Morgan fingerprint density at radius 2 is 0.475 bits per heavy atom. The summed E-state index contributed by atoms with van der Waals surface area (Å²) in [6.07, 6.45) is 0. The molecule has 0 unspecified atom stereocenters. The Labute approximate surface area is 702 Å². The third-order valence-electron chi connectivity index (χ3n) is 22.6. The normalized spacial score (nSPS) is 11.4. The van der Waals surface area contributed by atoms with Crippen molar-refractivity contribution in [3.05, 3.63) is 425 Å². The van der Waals surface area contributed by atoms with Gasteiger partial charge in [-0.05, 0) is 89.6 Å². The second-order valence-electron chi connectivity index (χ2n) is 30.1. The lowest BCUT2D eigenvalue weighted by atomic mass is 9.96. The Morgan fingerprint density at radius 1 is 0.164 bits per heavy atom. The molecule has 0 aliphatic rings. The summed E-state index contributed by atoms with van der Waals surface area (Å²) >= 11 is 0. The monoisotopic (exact) mass is 1560 g/mol. The fraction of sp³-hybridized carbons (Fsp3) is 0. The summed E-state index contributed by atoms with van der Waals surface area (Å²) in [5, 5.41) is 7.41. The summed E-state index contributed by atoms with van der Waals surface area (Å²) in [6.45, 7) is 0. The molecule has 0 bridgehead atoms. The van der Waals surface area contributed by atoms with E-state index in [1.165, 1.54) is 0 Å². The molecule has 8 heterocycles. The van der Waals surface area contributed by atoms with Crippen LogP contribution < -0.4 is 0 Å². The quantitative estimate of drug-likeness (QED) is 0.0967. The van der Waals surface area contributed by atoms with Gasteiger partial charge in [-0.2, -0.15) is 0 Å². The average Bonchev–Trinajstić information content (AvgIpc) is 1.53. The van der Waals surface area contributed by atoms with E-state index in [1.54, 1.807) is 0 Å². The van der Waals surface area contributed by atoms with E-state index in [2.05, 4.69) is 288 Å². The Morgan fingerprint density at radius 3 is 0.902 bits per heavy atom. The molecular formula is C110H70N12. The van der Waals surface area contributed by atoms with Crippen LogP contribution in [0.2, 0.25) is 0 Å². The van der Waals surface area contributed by atoms with Gasteiger partial charge in [0.1, 0.15) is 17.3 Å². The van der Waals surface area contributed by atoms with Gasteiger partial charge in [0, 0.05) is 93.9 Å². The maximum atomic E-state index is 5.47. The zero-order valence-electron chi connectivity index (χ0n) is 65.8. The molecule has 0 aliphatic carbocycles. The van der Waals surface area contributed by atoms with Gasteiger partial charge >= 0.3 is 0 Å². The molecule has 23 aromatic rings. The van der Waals surface area contributed by atoms with Gasteiger partial charge in [-0.25, -0.2) is 49.8 Å². The van der Waals surface area contributed by atoms with Crippen molar-refractivity contribution in [2.24, 2.45) is 0 Å². The molecule has 0 fully saturated rings. The minimum Gasteiger partial charge on any atom is -0.292 e. The summed E-state index contributed by atoms with van der Waals surface area (Å²) < 4.78 is 4.52. The van der Waals surface area contributed by atoms with Crippen molar-refractivity contribution in [2.75, 3.05) is 0 Å². The number of rotatable bonds is 14. The van der Waals surface area contributed by atoms with Crippen molar-refractivity contribution in [1.29, 1.82) is 0 Å². The van der Waals surface area contributed by atoms with Crippen molar-refractivity contribution in [3.8, 4) is 147 Å². The summed E-state index contributed by atoms with van der Waals surface area (Å²) in [5.41, 5.74) is 27.0. The van der Waals surface area contributed by atoms with Gasteiger partial charge in [-0.3, -0.25) is 9.13 Å². The van der Waals surface area contributed by atoms with Crippen molar-refractivity contribution < 1.29 is 0 Å². The van der Waals surface area contributed by atoms with E-state index in [0.717, 1.165) is 212 Å². The van der Waals surface area contributed by atoms with Gasteiger partial charge in [0.2, 0.25) is 0 Å². The minimum absolute atomic E-state index is 0.661. The van der Waals surface area contributed by atoms with Crippen LogP contribution in [0.1, 0.15) is 0 Å². The van der Waals surface area contributed by atoms with Gasteiger partial charge < -0.3 is 0 Å². The lowest BCUT2D eigenvalue weighted by Gasteiger charge is -2.17. The summed E-state index contributed by atoms with van der Waals surface area (Å²) in [5.74, 6) is 3.10. The van der Waals surface area contributed by atoms with E-state index in [-0.39, 0.29) is 0 Å². The third kappa shape index (κ3) is 13.2. The number of para-hydroxylation sites is 5. The molecule has 570 valence electrons. The van der Waals surface area contributed by atoms with Crippen LogP contribution in [0.5, 0.6) is 0 Å². The number of hydrogen-bond acceptors (Lipinski definition) is 10. The minimum atomic E-state index is 0.661. The zero-order chi connectivity index (χ0) is 80.8. The number of nitrogens with zero attached hydrogens (tertiary/aromatic N) is 12. The largest absolute Gasteiger partial charge is 0.292 e. The number of fused-ring (bicyclic) bond motifs is 11. The standard InChI is InChI=1S/C59H38N6.C51H32N6/c1-6-19-40(20-7-1)55-53(56(41-21-8-2-9-22-41)63-58(62-55)43-23-10-3-11-24-43)50-32-18-31-48(60-50)39-33-35-42(36-34-39)54-52-47(46-29-16-17-30-49(46)61-54)37-38-51-57(52)64-59(44-25-12-4-13-26-44)65(51)45-27-14-5-15-28-45;1-4-15-35(16-5-1)50-54-43-24-13-11-22-40(43)48(55-50)44-26-14-25-41(52-44)33-27-29-34(30-28-33)47-46-39(38-21-10-12-23-42(38)53-47)31-32-45-49(46)56-51(36-17-6-2-7-18-36)57(45)37-19-8-3-9-20-37/h1-38H;1-32H. The summed E-state index contributed by atoms with van der Waals surface area (Å²) in [6, 6.07) is 146. The SMILES string of the molecule is c1ccc(-c2nc(-c3cccc(-c4ccc(-c5nc6ccccc6c6ccc7c(nc(-c8ccccc8)n7-c7ccccc7)c56)cc4)n3)c3ccccc3n2)cc1.c1ccc(-c2nc(-c3ccccc3)c(-c3cccc(-c4ccc(-c5nc6ccccc6c6ccc7c(nc(-c8ccccc8)n7-c7ccccc7)c56)cc4)n3)c(-c3ccccc3)n2)cc1. The zero-order valence-corrected chi connectivity index (χ0v) is 65.8. The van der Waals surface area contributed by atoms with Crippen LogP contribution in [0, 0.1) is 0 Å². The van der Waals surface area contributed by atoms with Crippen molar-refractivity contribution in [2.45, 2.75) is 0 Å². The second kappa shape index (κ2) is 31.1. The molecule has 0 spiro atoms. The molecule has 8 aromatic heterocycles. The van der Waals surface area contributed by atoms with Gasteiger partial charge in [0.25, 0.3) is 0 Å². The topological polar surface area (TPSA) is 139 Å². The second-order valence-corrected chi connectivity index (χ2v) is 30.1. The predicted molar refractivity (Wildman–Crippen MR) is 497 cm³/mol. The van der Waals surface area contributed by atoms with Crippen LogP contribution in [-0.2, 0) is 0 Å². The Balaban J connectivity index is 0.000000147. The van der Waals surface area contributed by atoms with E-state index >= 15 is 0 Å². The first-order valence-electron chi connectivity index (χ1n) is 40.8. The van der Waals surface area contributed by atoms with Gasteiger partial charge in [-0.15, -0.1) is 0 Å². The van der Waals surface area contributed by atoms with Crippen LogP contribution in [0.25, 0.3) is 223 Å². The molecule has 0 saturated heterocycles. The van der Waals surface area contributed by atoms with E-state index in [4.69, 9.17) is 49.8 Å². The Bertz CT molecular complexity index is 7810. The molecule has 0 radical (unpaired) electrons. The number of aromatic nitrogens is 12. The average molecular weight is 1560 g/mol. The lowest BCUT2D eigenvalue weighted by Crippen LogP contribution is -2.02. The molecule has 12 nitrogen and oxygen atoms in total. The molecule has 122 heavy (non-hydrogen) atoms. The molecule has 15 aromatic carbocycles. The van der Waals surface area contributed by atoms with Crippen LogP contribution >= 0.6 is 0 Å². The highest BCUT2D eigenvalue weighted by Gasteiger charge is 2.27. The molecule has 0 aliphatic heterocycles. The number of benzene rings is 15. The van der Waals surface area contributed by atoms with Gasteiger partial charge in [0.15, 0.2) is 11.6 Å². The Kier molecular flexibility index (Phi) is 18.3. The molecule has 0 amide bonds. The van der Waals surface area contributed by atoms with Crippen LogP contribution in [-0.4, -0.2) is 59.0 Å². The van der Waals surface area contributed by atoms with Crippen LogP contribution in [0.15, 0.2) is 425 Å². The van der Waals surface area contributed by atoms with E-state index in [9.17, 15) is 0 Å². The highest BCUT2D eigenvalue weighted by atomic mass is 15.1. The van der Waals surface area contributed by atoms with Gasteiger partial charge in [-0.1, -0.05) is 346 Å². The lowest BCUT2D eigenvalue weighted by molar-refractivity contribution is 1.10. The maximum Gasteiger partial charge on any atom is 0.160 e. The van der Waals surface area contributed by atoms with Gasteiger partial charge in [0.05, 0.1) is 89.7 Å². The Hall–Kier alpha value is -16.7. The molecule has 0 N–H and O–H groups in total. The highest BCUT2D eigenvalue weighted by molar-refractivity contribution is 6.22. The van der Waals surface area contributed by atoms with Crippen LogP contribution in [0.3, 0.4) is 0 Å². The fourth-order valence-electron chi connectivity index (χ4n) is 16.9. The predicted octanol–water partition coefficient (Wildman–Crippen LogP) is 27.0. The van der Waals surface area contributed by atoms with Crippen molar-refractivity contribution in [1.82, 2.24) is 59.0 Å². The maximum absolute atomic E-state index is 5.47. The molecular weight excluding hydrogens is 1490 g/mol. The van der Waals surface area contributed by atoms with Crippen LogP contribution in [0.4, 0.5) is 0 Å². The number of imidazole rings is 2. The molecule has 0 atom stereocenters. The number of pyridine rings is 4. The summed E-state index contributed by atoms with van der Waals surface area (Å²) in [7, 11) is 0. The fourth-order valence-corrected chi connectivity index (χ4v) is 16.9. The first kappa shape index (κ1) is 71.8. The smallest absolute Gasteiger partial charge is 0.160 e. The first-order chi connectivity index (χ1) is 60.5. The van der Waals surface area contributed by atoms with E-state index in [1.807, 2.05) is 146 Å². The molecule has 0 saturated carbocycles. The third-order valence-corrected chi connectivity index (χ3v) is 22.6. The first-order valence-corrected chi connectivity index (χ1v) is 40.8. The van der Waals surface area contributed by atoms with Crippen molar-refractivity contribution in [3.63, 3.8) is 0 Å². The summed E-state index contributed by atoms with van der Waals surface area (Å²) in [4.78, 5) is 52.7. The van der Waals surface area contributed by atoms with E-state index < -0.39 is 0 Å². The number of hydrogen-bond donors (Lipinski definition) is 0. The van der Waals surface area contributed by atoms with Crippen molar-refractivity contribution >= 4 is 76.3 Å². The highest BCUT2D eigenvalue weighted by Crippen LogP contribution is 2.45. The van der Waals surface area contributed by atoms with E-state index in [0.29, 0.717) is 11.6 Å². The molecule has 23 rings (SSSR count). The molecule has 12 heteroatoms.